The number of hydrogen-bond donors (Lipinski definition) is 2. The second-order valence-corrected chi connectivity index (χ2v) is 5.42. The molecule has 0 saturated carbocycles. The van der Waals surface area contributed by atoms with Crippen molar-refractivity contribution in [3.63, 3.8) is 0 Å². The molecule has 5 nitrogen and oxygen atoms in total. The second-order valence-electron chi connectivity index (χ2n) is 4.64. The number of hydrogen-bond acceptors (Lipinski definition) is 6. The van der Waals surface area contributed by atoms with Gasteiger partial charge in [0.1, 0.15) is 16.6 Å². The summed E-state index contributed by atoms with van der Waals surface area (Å²) in [5.41, 5.74) is 6.14. The normalized spacial score (nSPS) is 17.6. The van der Waals surface area contributed by atoms with Crippen molar-refractivity contribution in [2.45, 2.75) is 32.2 Å². The zero-order chi connectivity index (χ0) is 13.0. The summed E-state index contributed by atoms with van der Waals surface area (Å²) in [7, 11) is 0. The number of aromatic nitrogens is 1. The minimum atomic E-state index is 0.341. The Morgan fingerprint density at radius 1 is 1.56 bits per heavy atom. The highest BCUT2D eigenvalue weighted by Crippen LogP contribution is 2.28. The van der Waals surface area contributed by atoms with Gasteiger partial charge in [0.15, 0.2) is 5.82 Å². The minimum Gasteiger partial charge on any atom is -0.382 e. The van der Waals surface area contributed by atoms with Crippen LogP contribution in [0.15, 0.2) is 0 Å². The summed E-state index contributed by atoms with van der Waals surface area (Å²) in [6.07, 6.45) is 3.44. The summed E-state index contributed by atoms with van der Waals surface area (Å²) in [5, 5.41) is 13.3. The number of piperidine rings is 1. The lowest BCUT2D eigenvalue weighted by atomic mass is 10.0. The van der Waals surface area contributed by atoms with E-state index in [1.165, 1.54) is 24.5 Å². The predicted octanol–water partition coefficient (Wildman–Crippen LogP) is 1.88. The molecule has 0 amide bonds. The van der Waals surface area contributed by atoms with Crippen molar-refractivity contribution >= 4 is 22.4 Å². The molecule has 0 unspecified atom stereocenters. The summed E-state index contributed by atoms with van der Waals surface area (Å²) in [6.45, 7) is 5.65. The van der Waals surface area contributed by atoms with E-state index in [0.717, 1.165) is 30.9 Å². The van der Waals surface area contributed by atoms with Crippen LogP contribution in [-0.4, -0.2) is 34.9 Å². The first-order valence-corrected chi connectivity index (χ1v) is 7.16. The van der Waals surface area contributed by atoms with Crippen LogP contribution in [0.5, 0.6) is 0 Å². The monoisotopic (exact) mass is 265 g/mol. The number of nitriles is 1. The quantitative estimate of drug-likeness (QED) is 0.869. The maximum absolute atomic E-state index is 9.02. The average Bonchev–Trinajstić information content (AvgIpc) is 2.72. The average molecular weight is 265 g/mol. The van der Waals surface area contributed by atoms with Gasteiger partial charge in [-0.05, 0) is 37.3 Å². The molecule has 1 aromatic rings. The third kappa shape index (κ3) is 2.92. The van der Waals surface area contributed by atoms with Crippen molar-refractivity contribution in [3.8, 4) is 6.07 Å². The summed E-state index contributed by atoms with van der Waals surface area (Å²) < 4.78 is 4.02. The standard InChI is InChI=1S/C12H19N5S/c1-2-5-17-6-3-9(4-7-17)15-12-10(8-13)11(14)16-18-12/h9,15H,2-7H2,1H3,(H2,14,16). The van der Waals surface area contributed by atoms with Crippen LogP contribution >= 0.6 is 11.5 Å². The van der Waals surface area contributed by atoms with Gasteiger partial charge in [0.2, 0.25) is 0 Å². The van der Waals surface area contributed by atoms with E-state index in [2.05, 4.69) is 27.6 Å². The molecule has 1 aromatic heterocycles. The Balaban J connectivity index is 1.90. The first kappa shape index (κ1) is 13.1. The number of likely N-dealkylation sites (tertiary alicyclic amines) is 1. The van der Waals surface area contributed by atoms with E-state index < -0.39 is 0 Å². The molecule has 0 spiro atoms. The van der Waals surface area contributed by atoms with Crippen LogP contribution in [0.2, 0.25) is 0 Å². The Morgan fingerprint density at radius 3 is 2.89 bits per heavy atom. The van der Waals surface area contributed by atoms with Crippen molar-refractivity contribution in [1.82, 2.24) is 9.27 Å². The fraction of sp³-hybridized carbons (Fsp3) is 0.667. The Bertz CT molecular complexity index is 428. The van der Waals surface area contributed by atoms with Gasteiger partial charge in [-0.1, -0.05) is 6.92 Å². The Hall–Kier alpha value is -1.32. The molecule has 3 N–H and O–H groups in total. The van der Waals surface area contributed by atoms with Gasteiger partial charge in [0.25, 0.3) is 0 Å². The van der Waals surface area contributed by atoms with Crippen molar-refractivity contribution in [2.75, 3.05) is 30.7 Å². The SMILES string of the molecule is CCCN1CCC(Nc2snc(N)c2C#N)CC1. The van der Waals surface area contributed by atoms with Crippen molar-refractivity contribution in [3.05, 3.63) is 5.56 Å². The molecule has 0 aliphatic carbocycles. The summed E-state index contributed by atoms with van der Waals surface area (Å²) in [4.78, 5) is 2.49. The van der Waals surface area contributed by atoms with Gasteiger partial charge >= 0.3 is 0 Å². The first-order chi connectivity index (χ1) is 8.74. The van der Waals surface area contributed by atoms with E-state index in [1.54, 1.807) is 0 Å². The molecule has 6 heteroatoms. The van der Waals surface area contributed by atoms with Gasteiger partial charge in [-0.3, -0.25) is 0 Å². The van der Waals surface area contributed by atoms with Gasteiger partial charge in [-0.25, -0.2) is 0 Å². The molecule has 1 saturated heterocycles. The summed E-state index contributed by atoms with van der Waals surface area (Å²) >= 11 is 1.28. The van der Waals surface area contributed by atoms with E-state index in [4.69, 9.17) is 11.0 Å². The van der Waals surface area contributed by atoms with E-state index in [0.29, 0.717) is 17.4 Å². The highest BCUT2D eigenvalue weighted by Gasteiger charge is 2.20. The Morgan fingerprint density at radius 2 is 2.28 bits per heavy atom. The lowest BCUT2D eigenvalue weighted by Crippen LogP contribution is -2.39. The van der Waals surface area contributed by atoms with Gasteiger partial charge in [0, 0.05) is 19.1 Å². The molecule has 98 valence electrons. The zero-order valence-electron chi connectivity index (χ0n) is 10.6. The van der Waals surface area contributed by atoms with Crippen LogP contribution < -0.4 is 11.1 Å². The smallest absolute Gasteiger partial charge is 0.157 e. The number of nitrogens with two attached hydrogens (primary N) is 1. The summed E-state index contributed by atoms with van der Waals surface area (Å²) in [6, 6.07) is 2.55. The van der Waals surface area contributed by atoms with Crippen LogP contribution in [0.25, 0.3) is 0 Å². The lowest BCUT2D eigenvalue weighted by Gasteiger charge is -2.32. The van der Waals surface area contributed by atoms with Crippen molar-refractivity contribution in [1.29, 1.82) is 5.26 Å². The van der Waals surface area contributed by atoms with Crippen LogP contribution in [0, 0.1) is 11.3 Å². The molecule has 2 rings (SSSR count). The number of rotatable bonds is 4. The van der Waals surface area contributed by atoms with Crippen molar-refractivity contribution < 1.29 is 0 Å². The molecule has 0 atom stereocenters. The molecule has 0 aromatic carbocycles. The lowest BCUT2D eigenvalue weighted by molar-refractivity contribution is 0.219. The van der Waals surface area contributed by atoms with Gasteiger partial charge in [-0.15, -0.1) is 0 Å². The second kappa shape index (κ2) is 6.03. The first-order valence-electron chi connectivity index (χ1n) is 6.38. The Labute approximate surface area is 112 Å². The van der Waals surface area contributed by atoms with Crippen LogP contribution in [-0.2, 0) is 0 Å². The topological polar surface area (TPSA) is 78.0 Å². The third-order valence-electron chi connectivity index (χ3n) is 3.29. The predicted molar refractivity (Wildman–Crippen MR) is 74.6 cm³/mol. The number of nitrogens with one attached hydrogen (secondary N) is 1. The molecular formula is C12H19N5S. The van der Waals surface area contributed by atoms with E-state index in [1.807, 2.05) is 0 Å². The third-order valence-corrected chi connectivity index (χ3v) is 4.09. The fourth-order valence-electron chi connectivity index (χ4n) is 2.31. The maximum Gasteiger partial charge on any atom is 0.157 e. The van der Waals surface area contributed by atoms with E-state index in [9.17, 15) is 0 Å². The largest absolute Gasteiger partial charge is 0.382 e. The van der Waals surface area contributed by atoms with Crippen LogP contribution in [0.1, 0.15) is 31.7 Å². The molecule has 0 bridgehead atoms. The van der Waals surface area contributed by atoms with Gasteiger partial charge < -0.3 is 16.0 Å². The molecule has 2 heterocycles. The van der Waals surface area contributed by atoms with Crippen LogP contribution in [0.3, 0.4) is 0 Å². The molecule has 1 fully saturated rings. The minimum absolute atomic E-state index is 0.341. The van der Waals surface area contributed by atoms with E-state index >= 15 is 0 Å². The summed E-state index contributed by atoms with van der Waals surface area (Å²) in [5.74, 6) is 0.341. The molecular weight excluding hydrogens is 246 g/mol. The van der Waals surface area contributed by atoms with Crippen LogP contribution in [0.4, 0.5) is 10.8 Å². The van der Waals surface area contributed by atoms with E-state index in [-0.39, 0.29) is 0 Å². The fourth-order valence-corrected chi connectivity index (χ4v) is 3.05. The Kier molecular flexibility index (Phi) is 4.39. The maximum atomic E-state index is 9.02. The number of anilines is 2. The van der Waals surface area contributed by atoms with Gasteiger partial charge in [-0.2, -0.15) is 9.64 Å². The van der Waals surface area contributed by atoms with Gasteiger partial charge in [0.05, 0.1) is 0 Å². The number of nitrogen functional groups attached to an aromatic ring is 1. The highest BCUT2D eigenvalue weighted by atomic mass is 32.1. The number of nitrogens with zero attached hydrogens (tertiary/aromatic N) is 3. The molecule has 0 radical (unpaired) electrons. The zero-order valence-corrected chi connectivity index (χ0v) is 11.5. The molecule has 1 aliphatic heterocycles. The molecule has 1 aliphatic rings. The highest BCUT2D eigenvalue weighted by molar-refractivity contribution is 7.10. The molecule has 18 heavy (non-hydrogen) atoms. The van der Waals surface area contributed by atoms with Crippen molar-refractivity contribution in [2.24, 2.45) is 0 Å².